The highest BCUT2D eigenvalue weighted by molar-refractivity contribution is 9.10. The third-order valence-corrected chi connectivity index (χ3v) is 6.28. The smallest absolute Gasteiger partial charge is 0.256 e. The Labute approximate surface area is 198 Å². The highest BCUT2D eigenvalue weighted by atomic mass is 79.9. The molecule has 1 aliphatic rings. The molecule has 1 aromatic carbocycles. The van der Waals surface area contributed by atoms with Crippen LogP contribution in [0.5, 0.6) is 5.75 Å². The van der Waals surface area contributed by atoms with Crippen LogP contribution in [0.2, 0.25) is 0 Å². The Morgan fingerprint density at radius 1 is 1.31 bits per heavy atom. The molecule has 1 amide bonds. The number of benzene rings is 1. The van der Waals surface area contributed by atoms with Crippen LogP contribution < -0.4 is 15.4 Å². The maximum Gasteiger partial charge on any atom is 0.256 e. The van der Waals surface area contributed by atoms with E-state index in [0.717, 1.165) is 12.2 Å². The summed E-state index contributed by atoms with van der Waals surface area (Å²) in [5.41, 5.74) is 1.77. The van der Waals surface area contributed by atoms with E-state index in [-0.39, 0.29) is 5.91 Å². The molecule has 0 spiro atoms. The molecule has 168 valence electrons. The first-order valence-corrected chi connectivity index (χ1v) is 12.1. The number of aromatic nitrogens is 3. The summed E-state index contributed by atoms with van der Waals surface area (Å²) in [7, 11) is 0. The van der Waals surface area contributed by atoms with Gasteiger partial charge in [0.1, 0.15) is 17.6 Å². The average Bonchev–Trinajstić information content (AvgIpc) is 3.38. The van der Waals surface area contributed by atoms with E-state index in [1.54, 1.807) is 22.5 Å². The van der Waals surface area contributed by atoms with Crippen molar-refractivity contribution in [3.8, 4) is 5.75 Å². The van der Waals surface area contributed by atoms with Crippen LogP contribution in [0.4, 0.5) is 11.6 Å². The highest BCUT2D eigenvalue weighted by Crippen LogP contribution is 2.38. The Morgan fingerprint density at radius 3 is 2.84 bits per heavy atom. The van der Waals surface area contributed by atoms with E-state index in [1.807, 2.05) is 44.2 Å². The average molecular weight is 518 g/mol. The van der Waals surface area contributed by atoms with E-state index in [0.29, 0.717) is 50.8 Å². The van der Waals surface area contributed by atoms with Gasteiger partial charge in [0, 0.05) is 11.4 Å². The van der Waals surface area contributed by atoms with Gasteiger partial charge in [-0.3, -0.25) is 4.79 Å². The molecule has 3 heterocycles. The molecule has 3 aromatic rings. The third kappa shape index (κ3) is 4.56. The molecule has 1 aliphatic heterocycles. The van der Waals surface area contributed by atoms with E-state index in [2.05, 4.69) is 43.6 Å². The van der Waals surface area contributed by atoms with E-state index in [4.69, 9.17) is 9.15 Å². The molecule has 2 N–H and O–H groups in total. The molecule has 0 radical (unpaired) electrons. The van der Waals surface area contributed by atoms with Crippen molar-refractivity contribution in [3.05, 3.63) is 58.1 Å². The second-order valence-electron chi connectivity index (χ2n) is 7.10. The summed E-state index contributed by atoms with van der Waals surface area (Å²) < 4.78 is 13.8. The van der Waals surface area contributed by atoms with Gasteiger partial charge < -0.3 is 19.8 Å². The monoisotopic (exact) mass is 517 g/mol. The van der Waals surface area contributed by atoms with E-state index in [1.165, 1.54) is 0 Å². The lowest BCUT2D eigenvalue weighted by Crippen LogP contribution is -2.31. The highest BCUT2D eigenvalue weighted by Gasteiger charge is 2.36. The molecule has 0 saturated heterocycles. The number of hydrogen-bond acceptors (Lipinski definition) is 7. The number of nitrogens with zero attached hydrogens (tertiary/aromatic N) is 3. The van der Waals surface area contributed by atoms with E-state index >= 15 is 0 Å². The van der Waals surface area contributed by atoms with Crippen molar-refractivity contribution >= 4 is 45.2 Å². The van der Waals surface area contributed by atoms with Crippen molar-refractivity contribution in [1.82, 2.24) is 14.8 Å². The number of halogens is 1. The zero-order valence-corrected chi connectivity index (χ0v) is 20.4. The van der Waals surface area contributed by atoms with Crippen LogP contribution in [-0.4, -0.2) is 33.0 Å². The number of carbonyl (C=O) groups excluding carboxylic acids is 1. The molecule has 0 fully saturated rings. The number of para-hydroxylation sites is 2. The van der Waals surface area contributed by atoms with Crippen molar-refractivity contribution < 1.29 is 13.9 Å². The predicted molar refractivity (Wildman–Crippen MR) is 128 cm³/mol. The molecule has 8 nitrogen and oxygen atoms in total. The van der Waals surface area contributed by atoms with Crippen LogP contribution >= 0.6 is 27.7 Å². The summed E-state index contributed by atoms with van der Waals surface area (Å²) >= 11 is 4.94. The molecule has 32 heavy (non-hydrogen) atoms. The first kappa shape index (κ1) is 22.5. The maximum atomic E-state index is 13.5. The quantitative estimate of drug-likeness (QED) is 0.383. The number of rotatable bonds is 8. The van der Waals surface area contributed by atoms with Crippen molar-refractivity contribution in [2.75, 3.05) is 23.0 Å². The van der Waals surface area contributed by atoms with Crippen molar-refractivity contribution in [1.29, 1.82) is 0 Å². The zero-order valence-electron chi connectivity index (χ0n) is 18.0. The molecule has 0 bridgehead atoms. The van der Waals surface area contributed by atoms with Crippen molar-refractivity contribution in [2.24, 2.45) is 0 Å². The van der Waals surface area contributed by atoms with E-state index < -0.39 is 6.04 Å². The van der Waals surface area contributed by atoms with Crippen molar-refractivity contribution in [3.63, 3.8) is 0 Å². The van der Waals surface area contributed by atoms with Gasteiger partial charge >= 0.3 is 0 Å². The van der Waals surface area contributed by atoms with Gasteiger partial charge in [-0.1, -0.05) is 30.8 Å². The topological polar surface area (TPSA) is 94.2 Å². The van der Waals surface area contributed by atoms with Crippen LogP contribution in [0.1, 0.15) is 39.0 Å². The fourth-order valence-corrected chi connectivity index (χ4v) is 4.46. The van der Waals surface area contributed by atoms with Gasteiger partial charge in [-0.15, -0.1) is 5.10 Å². The number of allylic oxidation sites excluding steroid dienone is 1. The van der Waals surface area contributed by atoms with Gasteiger partial charge in [0.05, 0.1) is 17.9 Å². The SMILES string of the molecule is CCCSc1nc2n(n1)C(c1ccc(Br)o1)C(C(=O)Nc1ccccc1OCC)=C(C)N2. The first-order chi connectivity index (χ1) is 15.5. The summed E-state index contributed by atoms with van der Waals surface area (Å²) in [4.78, 5) is 18.1. The number of anilines is 2. The normalized spacial score (nSPS) is 15.3. The van der Waals surface area contributed by atoms with E-state index in [9.17, 15) is 4.79 Å². The summed E-state index contributed by atoms with van der Waals surface area (Å²) in [6.07, 6.45) is 1.01. The van der Waals surface area contributed by atoms with Gasteiger partial charge in [0.2, 0.25) is 11.1 Å². The summed E-state index contributed by atoms with van der Waals surface area (Å²) in [6, 6.07) is 10.4. The lowest BCUT2D eigenvalue weighted by Gasteiger charge is -2.27. The second-order valence-corrected chi connectivity index (χ2v) is 8.95. The molecule has 4 rings (SSSR count). The third-order valence-electron chi connectivity index (χ3n) is 4.81. The Hall–Kier alpha value is -2.72. The largest absolute Gasteiger partial charge is 0.492 e. The molecular formula is C22H24BrN5O3S. The minimum absolute atomic E-state index is 0.274. The van der Waals surface area contributed by atoms with Gasteiger partial charge in [0.25, 0.3) is 5.91 Å². The molecule has 0 aliphatic carbocycles. The molecule has 10 heteroatoms. The fourth-order valence-electron chi connectivity index (χ4n) is 3.46. The minimum Gasteiger partial charge on any atom is -0.492 e. The maximum absolute atomic E-state index is 13.5. The Balaban J connectivity index is 1.72. The molecule has 0 saturated carbocycles. The summed E-state index contributed by atoms with van der Waals surface area (Å²) in [5.74, 6) is 2.41. The Kier molecular flexibility index (Phi) is 6.90. The lowest BCUT2D eigenvalue weighted by molar-refractivity contribution is -0.113. The lowest BCUT2D eigenvalue weighted by atomic mass is 10.00. The van der Waals surface area contributed by atoms with Gasteiger partial charge in [-0.05, 0) is 60.5 Å². The number of thioether (sulfide) groups is 1. The molecule has 1 unspecified atom stereocenters. The van der Waals surface area contributed by atoms with Gasteiger partial charge in [-0.25, -0.2) is 4.68 Å². The Morgan fingerprint density at radius 2 is 2.12 bits per heavy atom. The number of nitrogens with one attached hydrogen (secondary N) is 2. The van der Waals surface area contributed by atoms with Crippen LogP contribution in [-0.2, 0) is 4.79 Å². The standard InChI is InChI=1S/C22H24BrN5O3S/c1-4-12-32-22-26-21-24-13(3)18(19(28(21)27-22)16-10-11-17(23)31-16)20(29)25-14-8-6-7-9-15(14)30-5-2/h6-11,19H,4-5,12H2,1-3H3,(H,25,29)(H,24,26,27). The number of amides is 1. The number of hydrogen-bond donors (Lipinski definition) is 2. The number of carbonyl (C=O) groups is 1. The minimum atomic E-state index is -0.569. The van der Waals surface area contributed by atoms with Crippen LogP contribution in [0.25, 0.3) is 0 Å². The molecular weight excluding hydrogens is 494 g/mol. The Bertz CT molecular complexity index is 1160. The fraction of sp³-hybridized carbons (Fsp3) is 0.318. The summed E-state index contributed by atoms with van der Waals surface area (Å²) in [5, 5.41) is 11.5. The van der Waals surface area contributed by atoms with Crippen LogP contribution in [0, 0.1) is 0 Å². The van der Waals surface area contributed by atoms with Gasteiger partial charge in [0.15, 0.2) is 4.67 Å². The number of furan rings is 1. The molecule has 2 aromatic heterocycles. The second kappa shape index (κ2) is 9.83. The van der Waals surface area contributed by atoms with Crippen LogP contribution in [0.15, 0.2) is 61.9 Å². The number of fused-ring (bicyclic) bond motifs is 1. The predicted octanol–water partition coefficient (Wildman–Crippen LogP) is 5.46. The van der Waals surface area contributed by atoms with Gasteiger partial charge in [-0.2, -0.15) is 4.98 Å². The summed E-state index contributed by atoms with van der Waals surface area (Å²) in [6.45, 7) is 6.37. The number of ether oxygens (including phenoxy) is 1. The molecule has 1 atom stereocenters. The first-order valence-electron chi connectivity index (χ1n) is 10.4. The van der Waals surface area contributed by atoms with Crippen molar-refractivity contribution in [2.45, 2.75) is 38.4 Å². The van der Waals surface area contributed by atoms with Crippen LogP contribution in [0.3, 0.4) is 0 Å². The zero-order chi connectivity index (χ0) is 22.7.